The van der Waals surface area contributed by atoms with Gasteiger partial charge in [-0.3, -0.25) is 0 Å². The lowest BCUT2D eigenvalue weighted by atomic mass is 10.2. The number of rotatable bonds is 7. The minimum atomic E-state index is -0.0342. The van der Waals surface area contributed by atoms with Crippen molar-refractivity contribution in [3.63, 3.8) is 0 Å². The van der Waals surface area contributed by atoms with Gasteiger partial charge >= 0.3 is 0 Å². The molecule has 0 atom stereocenters. The van der Waals surface area contributed by atoms with Crippen molar-refractivity contribution in [1.82, 2.24) is 10.1 Å². The Bertz CT molecular complexity index is 560. The van der Waals surface area contributed by atoms with Crippen molar-refractivity contribution in [2.45, 2.75) is 19.6 Å². The third-order valence-corrected chi connectivity index (χ3v) is 3.01. The summed E-state index contributed by atoms with van der Waals surface area (Å²) in [6.07, 6.45) is 0.612. The lowest BCUT2D eigenvalue weighted by Gasteiger charge is -2.07. The van der Waals surface area contributed by atoms with E-state index < -0.39 is 0 Å². The zero-order valence-corrected chi connectivity index (χ0v) is 11.9. The van der Waals surface area contributed by atoms with E-state index in [-0.39, 0.29) is 6.61 Å². The number of ether oxygens (including phenoxy) is 1. The van der Waals surface area contributed by atoms with E-state index in [0.717, 1.165) is 11.3 Å². The number of benzene rings is 1. The predicted molar refractivity (Wildman–Crippen MR) is 74.6 cm³/mol. The van der Waals surface area contributed by atoms with Gasteiger partial charge in [0.2, 0.25) is 5.89 Å². The van der Waals surface area contributed by atoms with E-state index in [1.807, 2.05) is 0 Å². The molecule has 1 aromatic heterocycles. The molecule has 0 amide bonds. The summed E-state index contributed by atoms with van der Waals surface area (Å²) in [5.41, 5.74) is 1.50. The van der Waals surface area contributed by atoms with Crippen molar-refractivity contribution < 1.29 is 14.4 Å². The third-order valence-electron chi connectivity index (χ3n) is 2.68. The highest BCUT2D eigenvalue weighted by Crippen LogP contribution is 2.23. The molecule has 6 nitrogen and oxygen atoms in total. The lowest BCUT2D eigenvalue weighted by Crippen LogP contribution is -2.02. The first-order valence-electron chi connectivity index (χ1n) is 6.16. The number of anilines is 1. The fourth-order valence-electron chi connectivity index (χ4n) is 1.63. The molecule has 0 unspecified atom stereocenters. The van der Waals surface area contributed by atoms with E-state index in [2.05, 4.69) is 15.5 Å². The Balaban J connectivity index is 1.96. The van der Waals surface area contributed by atoms with Gasteiger partial charge in [0.15, 0.2) is 5.82 Å². The van der Waals surface area contributed by atoms with Crippen LogP contribution in [0.3, 0.4) is 0 Å². The van der Waals surface area contributed by atoms with Crippen LogP contribution in [0, 0.1) is 0 Å². The average Bonchev–Trinajstić information content (AvgIpc) is 2.92. The SMILES string of the molecule is COCCc1noc(CNc2cc(CO)ccc2Cl)n1. The fraction of sp³-hybridized carbons (Fsp3) is 0.385. The van der Waals surface area contributed by atoms with Gasteiger partial charge in [-0.1, -0.05) is 22.8 Å². The van der Waals surface area contributed by atoms with Crippen LogP contribution < -0.4 is 5.32 Å². The minimum Gasteiger partial charge on any atom is -0.392 e. The number of hydrogen-bond donors (Lipinski definition) is 2. The Morgan fingerprint density at radius 2 is 2.30 bits per heavy atom. The topological polar surface area (TPSA) is 80.4 Å². The lowest BCUT2D eigenvalue weighted by molar-refractivity contribution is 0.199. The summed E-state index contributed by atoms with van der Waals surface area (Å²) in [4.78, 5) is 4.22. The normalized spacial score (nSPS) is 10.8. The van der Waals surface area contributed by atoms with Crippen molar-refractivity contribution in [2.75, 3.05) is 19.0 Å². The van der Waals surface area contributed by atoms with Gasteiger partial charge in [-0.2, -0.15) is 4.98 Å². The van der Waals surface area contributed by atoms with Crippen LogP contribution in [0.25, 0.3) is 0 Å². The summed E-state index contributed by atoms with van der Waals surface area (Å²) in [7, 11) is 1.62. The third kappa shape index (κ3) is 3.93. The first kappa shape index (κ1) is 14.8. The number of aromatic nitrogens is 2. The predicted octanol–water partition coefficient (Wildman–Crippen LogP) is 2.02. The Morgan fingerprint density at radius 1 is 1.45 bits per heavy atom. The van der Waals surface area contributed by atoms with E-state index in [4.69, 9.17) is 26.0 Å². The summed E-state index contributed by atoms with van der Waals surface area (Å²) in [6.45, 7) is 0.888. The van der Waals surface area contributed by atoms with E-state index in [0.29, 0.717) is 36.3 Å². The maximum absolute atomic E-state index is 9.10. The molecule has 108 valence electrons. The molecule has 0 fully saturated rings. The molecule has 2 aromatic rings. The number of nitrogens with zero attached hydrogens (tertiary/aromatic N) is 2. The number of methoxy groups -OCH3 is 1. The van der Waals surface area contributed by atoms with Crippen LogP contribution >= 0.6 is 11.6 Å². The molecule has 1 aromatic carbocycles. The quantitative estimate of drug-likeness (QED) is 0.814. The zero-order chi connectivity index (χ0) is 14.4. The number of nitrogens with one attached hydrogen (secondary N) is 1. The standard InChI is InChI=1S/C13H16ClN3O3/c1-19-5-4-12-16-13(20-17-12)7-15-11-6-9(8-18)2-3-10(11)14/h2-3,6,15,18H,4-5,7-8H2,1H3. The van der Waals surface area contributed by atoms with Crippen molar-refractivity contribution in [1.29, 1.82) is 0 Å². The highest BCUT2D eigenvalue weighted by molar-refractivity contribution is 6.33. The van der Waals surface area contributed by atoms with Gasteiger partial charge in [-0.25, -0.2) is 0 Å². The van der Waals surface area contributed by atoms with E-state index in [1.54, 1.807) is 25.3 Å². The van der Waals surface area contributed by atoms with Crippen LogP contribution in [0.15, 0.2) is 22.7 Å². The Hall–Kier alpha value is -1.63. The highest BCUT2D eigenvalue weighted by Gasteiger charge is 2.07. The summed E-state index contributed by atoms with van der Waals surface area (Å²) >= 11 is 6.07. The minimum absolute atomic E-state index is 0.0342. The first-order chi connectivity index (χ1) is 9.72. The number of halogens is 1. The number of aliphatic hydroxyl groups excluding tert-OH is 1. The molecule has 0 bridgehead atoms. The maximum atomic E-state index is 9.10. The smallest absolute Gasteiger partial charge is 0.245 e. The average molecular weight is 298 g/mol. The molecule has 0 aliphatic carbocycles. The second-order valence-corrected chi connectivity index (χ2v) is 4.58. The van der Waals surface area contributed by atoms with Crippen LogP contribution in [-0.4, -0.2) is 29.0 Å². The monoisotopic (exact) mass is 297 g/mol. The van der Waals surface area contributed by atoms with Gasteiger partial charge in [-0.15, -0.1) is 0 Å². The van der Waals surface area contributed by atoms with Crippen LogP contribution in [0.2, 0.25) is 5.02 Å². The van der Waals surface area contributed by atoms with Gasteiger partial charge in [0, 0.05) is 13.5 Å². The van der Waals surface area contributed by atoms with Gasteiger partial charge in [-0.05, 0) is 17.7 Å². The van der Waals surface area contributed by atoms with Crippen LogP contribution in [-0.2, 0) is 24.3 Å². The maximum Gasteiger partial charge on any atom is 0.245 e. The van der Waals surface area contributed by atoms with Crippen molar-refractivity contribution in [2.24, 2.45) is 0 Å². The van der Waals surface area contributed by atoms with Crippen LogP contribution in [0.4, 0.5) is 5.69 Å². The van der Waals surface area contributed by atoms with E-state index >= 15 is 0 Å². The molecular formula is C13H16ClN3O3. The molecular weight excluding hydrogens is 282 g/mol. The van der Waals surface area contributed by atoms with Crippen molar-refractivity contribution >= 4 is 17.3 Å². The molecule has 0 aliphatic rings. The molecule has 20 heavy (non-hydrogen) atoms. The summed E-state index contributed by atoms with van der Waals surface area (Å²) < 4.78 is 10.1. The molecule has 2 N–H and O–H groups in total. The molecule has 0 aliphatic heterocycles. The molecule has 7 heteroatoms. The van der Waals surface area contributed by atoms with Gasteiger partial charge in [0.25, 0.3) is 0 Å². The molecule has 0 saturated carbocycles. The molecule has 0 radical (unpaired) electrons. The Labute approximate surface area is 121 Å². The Morgan fingerprint density at radius 3 is 3.05 bits per heavy atom. The zero-order valence-electron chi connectivity index (χ0n) is 11.1. The molecule has 0 spiro atoms. The number of hydrogen-bond acceptors (Lipinski definition) is 6. The van der Waals surface area contributed by atoms with Crippen LogP contribution in [0.5, 0.6) is 0 Å². The molecule has 2 rings (SSSR count). The summed E-state index contributed by atoms with van der Waals surface area (Å²) in [5.74, 6) is 1.08. The highest BCUT2D eigenvalue weighted by atomic mass is 35.5. The van der Waals surface area contributed by atoms with Gasteiger partial charge in [0.1, 0.15) is 0 Å². The molecule has 0 saturated heterocycles. The van der Waals surface area contributed by atoms with Gasteiger partial charge < -0.3 is 19.7 Å². The number of aliphatic hydroxyl groups is 1. The second kappa shape index (κ2) is 7.23. The summed E-state index contributed by atoms with van der Waals surface area (Å²) in [5, 5.41) is 16.6. The van der Waals surface area contributed by atoms with E-state index in [9.17, 15) is 0 Å². The largest absolute Gasteiger partial charge is 0.392 e. The van der Waals surface area contributed by atoms with Crippen molar-refractivity contribution in [3.05, 3.63) is 40.5 Å². The van der Waals surface area contributed by atoms with E-state index in [1.165, 1.54) is 0 Å². The second-order valence-electron chi connectivity index (χ2n) is 4.17. The van der Waals surface area contributed by atoms with Gasteiger partial charge in [0.05, 0.1) is 30.5 Å². The fourth-order valence-corrected chi connectivity index (χ4v) is 1.82. The first-order valence-corrected chi connectivity index (χ1v) is 6.54. The summed E-state index contributed by atoms with van der Waals surface area (Å²) in [6, 6.07) is 5.28. The van der Waals surface area contributed by atoms with Crippen molar-refractivity contribution in [3.8, 4) is 0 Å². The Kier molecular flexibility index (Phi) is 5.34. The van der Waals surface area contributed by atoms with Crippen LogP contribution in [0.1, 0.15) is 17.3 Å². The molecule has 1 heterocycles.